The third kappa shape index (κ3) is 4.49. The van der Waals surface area contributed by atoms with Crippen LogP contribution in [0.1, 0.15) is 20.6 Å². The summed E-state index contributed by atoms with van der Waals surface area (Å²) < 4.78 is 141. The molecule has 0 spiro atoms. The fraction of sp³-hybridized carbons (Fsp3) is 0. The molecule has 0 fully saturated rings. The maximum absolute atomic E-state index is 9.80. The summed E-state index contributed by atoms with van der Waals surface area (Å²) in [6, 6.07) is 12.5. The Morgan fingerprint density at radius 2 is 1.12 bits per heavy atom. The largest absolute Gasteiger partial charge is 0.456 e. The number of rotatable bonds is 4. The zero-order chi connectivity index (χ0) is 45.4. The van der Waals surface area contributed by atoms with Gasteiger partial charge in [0.25, 0.3) is 0 Å². The topological polar surface area (TPSA) is 51.8 Å². The Morgan fingerprint density at radius 3 is 2.02 bits per heavy atom. The van der Waals surface area contributed by atoms with Crippen LogP contribution in [0.4, 0.5) is 0 Å². The summed E-state index contributed by atoms with van der Waals surface area (Å²) in [5.41, 5.74) is -0.240. The molecule has 0 unspecified atom stereocenters. The van der Waals surface area contributed by atoms with Crippen molar-refractivity contribution in [3.63, 3.8) is 0 Å². The summed E-state index contributed by atoms with van der Waals surface area (Å²) >= 11 is 0. The van der Waals surface area contributed by atoms with Crippen LogP contribution in [0.5, 0.6) is 0 Å². The average molecular weight is 641 g/mol. The van der Waals surface area contributed by atoms with Crippen LogP contribution in [-0.2, 0) is 0 Å². The Balaban J connectivity index is 1.37. The Kier molecular flexibility index (Phi) is 3.68. The van der Waals surface area contributed by atoms with E-state index in [1.807, 2.05) is 24.3 Å². The number of hydrogen-bond donors (Lipinski definition) is 0. The molecule has 0 aliphatic rings. The molecule has 0 saturated carbocycles. The molecule has 2 aromatic heterocycles. The molecule has 0 aliphatic carbocycles. The number of hydrogen-bond acceptors (Lipinski definition) is 4. The quantitative estimate of drug-likeness (QED) is 0.192. The summed E-state index contributed by atoms with van der Waals surface area (Å²) in [5, 5.41) is 0.465. The van der Waals surface area contributed by atoms with Crippen molar-refractivity contribution in [2.45, 2.75) is 0 Å². The van der Waals surface area contributed by atoms with Gasteiger partial charge in [-0.2, -0.15) is 0 Å². The highest BCUT2D eigenvalue weighted by Gasteiger charge is 2.19. The van der Waals surface area contributed by atoms with E-state index in [-0.39, 0.29) is 72.0 Å². The normalized spacial score (nSPS) is 16.0. The SMILES string of the molecule is [2H]c1c(-c2nc(-c3ccccc3)nc(-c3c([2H])c([2H])c([2H])c4c([2H])c([2H])c([2H])c([2H])c34)n2)c([2H])c2c(oc3c([2H])c(-c4cccc5ccccc45)c4c([2H])c([2H])c([2H])c([2H])c4c32)c1[2H]. The first-order valence-corrected chi connectivity index (χ1v) is 15.2. The van der Waals surface area contributed by atoms with Crippen LogP contribution >= 0.6 is 0 Å². The first kappa shape index (κ1) is 16.4. The number of benzene rings is 8. The molecule has 0 atom stereocenters. The van der Waals surface area contributed by atoms with Gasteiger partial charge in [0.05, 0.1) is 20.6 Å². The second-order valence-corrected chi connectivity index (χ2v) is 11.2. The van der Waals surface area contributed by atoms with Gasteiger partial charge in [-0.05, 0) is 67.6 Å². The van der Waals surface area contributed by atoms with Crippen molar-refractivity contribution in [2.24, 2.45) is 0 Å². The molecular formula is C45H27N3O. The minimum atomic E-state index is -0.677. The molecule has 0 N–H and O–H groups in total. The maximum Gasteiger partial charge on any atom is 0.164 e. The van der Waals surface area contributed by atoms with Crippen LogP contribution in [0.3, 0.4) is 0 Å². The molecule has 228 valence electrons. The highest BCUT2D eigenvalue weighted by atomic mass is 16.3. The van der Waals surface area contributed by atoms with Gasteiger partial charge in [-0.25, -0.2) is 15.0 Å². The van der Waals surface area contributed by atoms with Gasteiger partial charge in [-0.3, -0.25) is 0 Å². The highest BCUT2D eigenvalue weighted by Crippen LogP contribution is 2.42. The lowest BCUT2D eigenvalue weighted by Crippen LogP contribution is -2.00. The van der Waals surface area contributed by atoms with Crippen molar-refractivity contribution < 1.29 is 25.0 Å². The number of nitrogens with zero attached hydrogens (tertiary/aromatic N) is 3. The second kappa shape index (κ2) is 11.0. The molecule has 0 aliphatic heterocycles. The predicted molar refractivity (Wildman–Crippen MR) is 201 cm³/mol. The lowest BCUT2D eigenvalue weighted by atomic mass is 9.92. The fourth-order valence-electron chi connectivity index (χ4n) is 6.16. The van der Waals surface area contributed by atoms with E-state index in [0.717, 1.165) is 5.39 Å². The Labute approximate surface area is 303 Å². The van der Waals surface area contributed by atoms with Gasteiger partial charge in [0.1, 0.15) is 11.2 Å². The molecule has 8 aromatic carbocycles. The van der Waals surface area contributed by atoms with E-state index < -0.39 is 96.2 Å². The summed E-state index contributed by atoms with van der Waals surface area (Å²) in [7, 11) is 0. The van der Waals surface area contributed by atoms with Gasteiger partial charge in [-0.15, -0.1) is 0 Å². The van der Waals surface area contributed by atoms with Crippen molar-refractivity contribution in [1.82, 2.24) is 15.0 Å². The maximum atomic E-state index is 9.80. The van der Waals surface area contributed by atoms with E-state index in [9.17, 15) is 8.22 Å². The number of aromatic nitrogens is 3. The van der Waals surface area contributed by atoms with Crippen molar-refractivity contribution in [1.29, 1.82) is 0 Å². The Hall–Kier alpha value is -6.65. The van der Waals surface area contributed by atoms with Gasteiger partial charge < -0.3 is 4.42 Å². The van der Waals surface area contributed by atoms with E-state index in [0.29, 0.717) is 16.5 Å². The molecule has 10 aromatic rings. The lowest BCUT2D eigenvalue weighted by molar-refractivity contribution is 0.669. The first-order valence-electron chi connectivity index (χ1n) is 22.7. The van der Waals surface area contributed by atoms with Crippen LogP contribution < -0.4 is 0 Å². The first-order chi connectivity index (χ1) is 30.5. The van der Waals surface area contributed by atoms with E-state index in [1.54, 1.807) is 48.5 Å². The molecule has 2 heterocycles. The van der Waals surface area contributed by atoms with Crippen molar-refractivity contribution >= 4 is 54.3 Å². The second-order valence-electron chi connectivity index (χ2n) is 11.2. The molecule has 0 amide bonds. The molecule has 0 bridgehead atoms. The zero-order valence-corrected chi connectivity index (χ0v) is 25.2. The average Bonchev–Trinajstić information content (AvgIpc) is 3.71. The van der Waals surface area contributed by atoms with Crippen LogP contribution in [0.2, 0.25) is 0 Å². The van der Waals surface area contributed by atoms with E-state index in [2.05, 4.69) is 15.0 Å². The number of furan rings is 1. The van der Waals surface area contributed by atoms with Crippen LogP contribution in [0.25, 0.3) is 99.5 Å². The molecule has 4 nitrogen and oxygen atoms in total. The third-order valence-electron chi connectivity index (χ3n) is 8.37. The highest BCUT2D eigenvalue weighted by molar-refractivity contribution is 6.23. The zero-order valence-electron chi connectivity index (χ0n) is 40.2. The molecule has 0 saturated heterocycles. The Bertz CT molecular complexity index is 3730. The van der Waals surface area contributed by atoms with Gasteiger partial charge in [-0.1, -0.05) is 139 Å². The van der Waals surface area contributed by atoms with Gasteiger partial charge >= 0.3 is 0 Å². The summed E-state index contributed by atoms with van der Waals surface area (Å²) in [5.74, 6) is -0.874. The predicted octanol–water partition coefficient (Wildman–Crippen LogP) is 11.9. The minimum absolute atomic E-state index is 0.0257. The molecule has 4 heteroatoms. The van der Waals surface area contributed by atoms with Gasteiger partial charge in [0.2, 0.25) is 0 Å². The van der Waals surface area contributed by atoms with Crippen LogP contribution in [-0.4, -0.2) is 15.0 Å². The van der Waals surface area contributed by atoms with E-state index in [4.69, 9.17) is 16.8 Å². The summed E-state index contributed by atoms with van der Waals surface area (Å²) in [4.78, 5) is 13.9. The minimum Gasteiger partial charge on any atom is -0.456 e. The third-order valence-corrected chi connectivity index (χ3v) is 8.37. The lowest BCUT2D eigenvalue weighted by Gasteiger charge is -2.11. The van der Waals surface area contributed by atoms with Crippen molar-refractivity contribution in [3.8, 4) is 45.3 Å². The fourth-order valence-corrected chi connectivity index (χ4v) is 6.16. The van der Waals surface area contributed by atoms with Crippen LogP contribution in [0.15, 0.2) is 168 Å². The smallest absolute Gasteiger partial charge is 0.164 e. The molecule has 0 radical (unpaired) electrons. The molecular weight excluding hydrogens is 599 g/mol. The van der Waals surface area contributed by atoms with Crippen molar-refractivity contribution in [3.05, 3.63) is 163 Å². The summed E-state index contributed by atoms with van der Waals surface area (Å²) in [6.07, 6.45) is 0. The van der Waals surface area contributed by atoms with Crippen molar-refractivity contribution in [2.75, 3.05) is 0 Å². The van der Waals surface area contributed by atoms with Gasteiger partial charge in [0, 0.05) is 27.5 Å². The summed E-state index contributed by atoms with van der Waals surface area (Å²) in [6.45, 7) is 0. The molecule has 10 rings (SSSR count). The van der Waals surface area contributed by atoms with Gasteiger partial charge in [0.15, 0.2) is 17.5 Å². The van der Waals surface area contributed by atoms with E-state index >= 15 is 0 Å². The number of fused-ring (bicyclic) bond motifs is 7. The standard InChI is InChI=1S/C45H27N3O/c1-2-14-30(15-3-1)43-46-44(48-45(47-43)37-23-11-17-29-13-5-7-19-33(29)37)31-24-25-40-39(26-31)42-36-21-9-8-20-35(36)38(27-41(42)49-40)34-22-10-16-28-12-4-6-18-32(28)34/h1-27H/i5D,7D,8D,9D,11D,13D,17D,19D,20D,21D,23D,24D,25D,26D,27D. The van der Waals surface area contributed by atoms with E-state index in [1.165, 1.54) is 0 Å². The monoisotopic (exact) mass is 640 g/mol. The van der Waals surface area contributed by atoms with Crippen LogP contribution in [0, 0.1) is 0 Å². The Morgan fingerprint density at radius 1 is 0.408 bits per heavy atom. The molecule has 49 heavy (non-hydrogen) atoms.